The summed E-state index contributed by atoms with van der Waals surface area (Å²) in [7, 11) is 0. The molecular formula is C17H22N2OS. The Kier molecular flexibility index (Phi) is 5.12. The number of allylic oxidation sites excluding steroid dienone is 1. The van der Waals surface area contributed by atoms with Crippen molar-refractivity contribution in [2.45, 2.75) is 46.6 Å². The molecule has 0 radical (unpaired) electrons. The number of carbonyl (C=O) groups excluding carboxylic acids is 1. The predicted octanol–water partition coefficient (Wildman–Crippen LogP) is 4.12. The largest absolute Gasteiger partial charge is 0.312 e. The van der Waals surface area contributed by atoms with Crippen molar-refractivity contribution < 1.29 is 4.79 Å². The van der Waals surface area contributed by atoms with Crippen LogP contribution < -0.4 is 4.80 Å². The maximum Gasteiger partial charge on any atom is 0.248 e. The second-order valence-electron chi connectivity index (χ2n) is 5.32. The van der Waals surface area contributed by atoms with Crippen LogP contribution >= 0.6 is 11.3 Å². The maximum absolute atomic E-state index is 12.0. The molecule has 112 valence electrons. The van der Waals surface area contributed by atoms with Crippen molar-refractivity contribution in [2.75, 3.05) is 0 Å². The predicted molar refractivity (Wildman–Crippen MR) is 89.6 cm³/mol. The lowest BCUT2D eigenvalue weighted by Gasteiger charge is -2.05. The van der Waals surface area contributed by atoms with Crippen LogP contribution in [0.3, 0.4) is 0 Å². The molecule has 21 heavy (non-hydrogen) atoms. The Morgan fingerprint density at radius 3 is 2.86 bits per heavy atom. The summed E-state index contributed by atoms with van der Waals surface area (Å²) in [6.07, 6.45) is 4.28. The number of benzene rings is 1. The number of rotatable bonds is 5. The second-order valence-corrected chi connectivity index (χ2v) is 6.33. The van der Waals surface area contributed by atoms with E-state index < -0.39 is 0 Å². The van der Waals surface area contributed by atoms with Crippen LogP contribution in [0.1, 0.15) is 37.3 Å². The first-order valence-electron chi connectivity index (χ1n) is 7.35. The number of carbonyl (C=O) groups is 1. The Bertz CT molecular complexity index is 737. The highest BCUT2D eigenvalue weighted by Crippen LogP contribution is 2.23. The number of aryl methyl sites for hydroxylation is 2. The van der Waals surface area contributed by atoms with Crippen molar-refractivity contribution in [1.29, 1.82) is 0 Å². The van der Waals surface area contributed by atoms with Gasteiger partial charge in [-0.15, -0.1) is 6.58 Å². The first-order valence-corrected chi connectivity index (χ1v) is 8.17. The van der Waals surface area contributed by atoms with Crippen LogP contribution in [0.15, 0.2) is 29.8 Å². The van der Waals surface area contributed by atoms with Crippen LogP contribution in [-0.4, -0.2) is 10.5 Å². The molecule has 0 aliphatic carbocycles. The Hall–Kier alpha value is -1.68. The number of thiazole rings is 1. The van der Waals surface area contributed by atoms with Crippen molar-refractivity contribution in [3.8, 4) is 0 Å². The van der Waals surface area contributed by atoms with E-state index in [0.29, 0.717) is 13.0 Å². The number of aromatic nitrogens is 1. The quantitative estimate of drug-likeness (QED) is 0.765. The number of unbranched alkanes of at least 4 members (excludes halogenated alkanes) is 1. The number of amides is 1. The highest BCUT2D eigenvalue weighted by atomic mass is 32.1. The summed E-state index contributed by atoms with van der Waals surface area (Å²) < 4.78 is 3.27. The van der Waals surface area contributed by atoms with Crippen LogP contribution in [0, 0.1) is 13.8 Å². The van der Waals surface area contributed by atoms with Crippen molar-refractivity contribution in [2.24, 2.45) is 4.99 Å². The molecule has 1 amide bonds. The molecule has 0 saturated heterocycles. The number of fused-ring (bicyclic) bond motifs is 1. The van der Waals surface area contributed by atoms with Gasteiger partial charge in [-0.05, 0) is 37.5 Å². The van der Waals surface area contributed by atoms with Gasteiger partial charge in [0.2, 0.25) is 5.91 Å². The van der Waals surface area contributed by atoms with Crippen molar-refractivity contribution in [3.05, 3.63) is 40.7 Å². The zero-order valence-corrected chi connectivity index (χ0v) is 13.8. The average molecular weight is 302 g/mol. The Morgan fingerprint density at radius 1 is 1.43 bits per heavy atom. The normalized spacial score (nSPS) is 12.0. The van der Waals surface area contributed by atoms with E-state index in [4.69, 9.17) is 0 Å². The lowest BCUT2D eigenvalue weighted by atomic mass is 10.1. The molecule has 0 aliphatic heterocycles. The second kappa shape index (κ2) is 6.85. The summed E-state index contributed by atoms with van der Waals surface area (Å²) in [5.41, 5.74) is 3.61. The van der Waals surface area contributed by atoms with Crippen molar-refractivity contribution in [1.82, 2.24) is 4.57 Å². The highest BCUT2D eigenvalue weighted by molar-refractivity contribution is 7.16. The Balaban J connectivity index is 2.60. The molecule has 0 fully saturated rings. The molecule has 0 unspecified atom stereocenters. The minimum absolute atomic E-state index is 0.0319. The third kappa shape index (κ3) is 3.50. The van der Waals surface area contributed by atoms with Crippen LogP contribution in [0.25, 0.3) is 10.2 Å². The van der Waals surface area contributed by atoms with Crippen LogP contribution in [0.5, 0.6) is 0 Å². The summed E-state index contributed by atoms with van der Waals surface area (Å²) in [5.74, 6) is -0.0319. The monoisotopic (exact) mass is 302 g/mol. The van der Waals surface area contributed by atoms with Gasteiger partial charge in [-0.25, -0.2) is 0 Å². The molecule has 0 N–H and O–H groups in total. The number of hydrogen-bond donors (Lipinski definition) is 0. The molecule has 1 heterocycles. The van der Waals surface area contributed by atoms with Gasteiger partial charge in [0.25, 0.3) is 0 Å². The minimum Gasteiger partial charge on any atom is -0.312 e. The molecule has 0 saturated carbocycles. The van der Waals surface area contributed by atoms with E-state index in [0.717, 1.165) is 23.2 Å². The van der Waals surface area contributed by atoms with Gasteiger partial charge in [0.15, 0.2) is 4.80 Å². The summed E-state index contributed by atoms with van der Waals surface area (Å²) >= 11 is 1.58. The topological polar surface area (TPSA) is 34.4 Å². The lowest BCUT2D eigenvalue weighted by Crippen LogP contribution is -2.16. The molecule has 0 atom stereocenters. The lowest BCUT2D eigenvalue weighted by molar-refractivity contribution is -0.118. The summed E-state index contributed by atoms with van der Waals surface area (Å²) in [4.78, 5) is 17.1. The Morgan fingerprint density at radius 2 is 2.19 bits per heavy atom. The van der Waals surface area contributed by atoms with Gasteiger partial charge in [-0.1, -0.05) is 36.8 Å². The van der Waals surface area contributed by atoms with E-state index in [1.807, 2.05) is 6.08 Å². The van der Waals surface area contributed by atoms with E-state index in [1.165, 1.54) is 15.8 Å². The molecule has 2 aromatic rings. The summed E-state index contributed by atoms with van der Waals surface area (Å²) in [5, 5.41) is 0. The van der Waals surface area contributed by atoms with Gasteiger partial charge >= 0.3 is 0 Å². The maximum atomic E-state index is 12.0. The third-order valence-electron chi connectivity index (χ3n) is 3.39. The van der Waals surface area contributed by atoms with Gasteiger partial charge in [0.1, 0.15) is 0 Å². The fourth-order valence-electron chi connectivity index (χ4n) is 2.47. The zero-order valence-electron chi connectivity index (χ0n) is 13.0. The molecule has 3 nitrogen and oxygen atoms in total. The molecule has 0 spiro atoms. The highest BCUT2D eigenvalue weighted by Gasteiger charge is 2.09. The van der Waals surface area contributed by atoms with Crippen molar-refractivity contribution in [3.63, 3.8) is 0 Å². The smallest absolute Gasteiger partial charge is 0.248 e. The van der Waals surface area contributed by atoms with E-state index in [1.54, 1.807) is 11.3 Å². The Labute approximate surface area is 129 Å². The van der Waals surface area contributed by atoms with E-state index in [9.17, 15) is 4.79 Å². The summed E-state index contributed by atoms with van der Waals surface area (Å²) in [6, 6.07) is 4.32. The third-order valence-corrected chi connectivity index (χ3v) is 4.41. The fraction of sp³-hybridized carbons (Fsp3) is 0.412. The number of hydrogen-bond acceptors (Lipinski definition) is 2. The molecule has 1 aromatic heterocycles. The van der Waals surface area contributed by atoms with Gasteiger partial charge in [0.05, 0.1) is 10.2 Å². The van der Waals surface area contributed by atoms with Gasteiger partial charge in [0, 0.05) is 13.0 Å². The van der Waals surface area contributed by atoms with Gasteiger partial charge in [-0.3, -0.25) is 4.79 Å². The van der Waals surface area contributed by atoms with Crippen LogP contribution in [-0.2, 0) is 11.3 Å². The van der Waals surface area contributed by atoms with E-state index in [-0.39, 0.29) is 5.91 Å². The van der Waals surface area contributed by atoms with Crippen molar-refractivity contribution >= 4 is 27.5 Å². The molecule has 0 aliphatic rings. The fourth-order valence-corrected chi connectivity index (χ4v) is 3.70. The average Bonchev–Trinajstić information content (AvgIpc) is 2.74. The van der Waals surface area contributed by atoms with Crippen LogP contribution in [0.2, 0.25) is 0 Å². The minimum atomic E-state index is -0.0319. The molecule has 0 bridgehead atoms. The molecule has 1 aromatic carbocycles. The van der Waals surface area contributed by atoms with Gasteiger partial charge < -0.3 is 4.57 Å². The molecule has 2 rings (SSSR count). The van der Waals surface area contributed by atoms with E-state index in [2.05, 4.69) is 49.0 Å². The molecular weight excluding hydrogens is 280 g/mol. The van der Waals surface area contributed by atoms with E-state index >= 15 is 0 Å². The standard InChI is InChI=1S/C17H22N2OS/c1-5-7-8-15(20)18-17-19(9-6-2)16-13(4)10-12(3)11-14(16)21-17/h6,10-11H,2,5,7-9H2,1,3-4H3. The first-order chi connectivity index (χ1) is 10.1. The van der Waals surface area contributed by atoms with Gasteiger partial charge in [-0.2, -0.15) is 4.99 Å². The zero-order chi connectivity index (χ0) is 15.4. The summed E-state index contributed by atoms with van der Waals surface area (Å²) in [6.45, 7) is 10.8. The van der Waals surface area contributed by atoms with Crippen LogP contribution in [0.4, 0.5) is 0 Å². The first kappa shape index (κ1) is 15.7. The number of nitrogens with zero attached hydrogens (tertiary/aromatic N) is 2. The SMILES string of the molecule is C=CCn1c(=NC(=O)CCCC)sc2cc(C)cc(C)c21. The molecule has 4 heteroatoms.